The summed E-state index contributed by atoms with van der Waals surface area (Å²) in [6.07, 6.45) is 1.76. The Morgan fingerprint density at radius 1 is 1.32 bits per heavy atom. The molecule has 0 saturated carbocycles. The van der Waals surface area contributed by atoms with E-state index in [0.29, 0.717) is 33.7 Å². The highest BCUT2D eigenvalue weighted by Crippen LogP contribution is 2.28. The highest BCUT2D eigenvalue weighted by atomic mass is 32.1. The average molecular weight is 366 g/mol. The van der Waals surface area contributed by atoms with Gasteiger partial charge in [0.25, 0.3) is 5.56 Å². The second kappa shape index (κ2) is 7.77. The van der Waals surface area contributed by atoms with Crippen LogP contribution < -0.4 is 5.56 Å². The molecule has 136 valence electrons. The van der Waals surface area contributed by atoms with E-state index < -0.39 is 18.0 Å². The third-order valence-electron chi connectivity index (χ3n) is 3.61. The van der Waals surface area contributed by atoms with Crippen molar-refractivity contribution in [1.82, 2.24) is 9.55 Å². The van der Waals surface area contributed by atoms with E-state index in [1.54, 1.807) is 27.7 Å². The number of fused-ring (bicyclic) bond motifs is 1. The van der Waals surface area contributed by atoms with E-state index in [0.717, 1.165) is 11.3 Å². The molecular weight excluding hydrogens is 344 g/mol. The SMILES string of the molecule is CCCOC(=O)[C@@H](C)n1cnc2sc(C(=O)OC(C)C)c(C)c2c1=O. The average Bonchev–Trinajstić information content (AvgIpc) is 2.89. The Morgan fingerprint density at radius 3 is 2.60 bits per heavy atom. The number of nitrogens with zero attached hydrogens (tertiary/aromatic N) is 2. The van der Waals surface area contributed by atoms with Gasteiger partial charge in [-0.1, -0.05) is 6.92 Å². The second-order valence-corrected chi connectivity index (χ2v) is 6.99. The van der Waals surface area contributed by atoms with Crippen molar-refractivity contribution in [2.45, 2.75) is 53.2 Å². The number of hydrogen-bond acceptors (Lipinski definition) is 7. The zero-order valence-electron chi connectivity index (χ0n) is 15.0. The molecule has 0 unspecified atom stereocenters. The number of hydrogen-bond donors (Lipinski definition) is 0. The van der Waals surface area contributed by atoms with E-state index in [-0.39, 0.29) is 11.7 Å². The van der Waals surface area contributed by atoms with Crippen LogP contribution >= 0.6 is 11.3 Å². The molecule has 8 heteroatoms. The normalized spacial score (nSPS) is 12.4. The van der Waals surface area contributed by atoms with Gasteiger partial charge in [-0.3, -0.25) is 9.36 Å². The van der Waals surface area contributed by atoms with Crippen LogP contribution in [0, 0.1) is 6.92 Å². The summed E-state index contributed by atoms with van der Waals surface area (Å²) in [6, 6.07) is -0.790. The molecule has 2 aromatic rings. The first-order valence-corrected chi connectivity index (χ1v) is 8.97. The molecule has 0 radical (unpaired) electrons. The van der Waals surface area contributed by atoms with Crippen molar-refractivity contribution in [3.63, 3.8) is 0 Å². The fourth-order valence-electron chi connectivity index (χ4n) is 2.31. The van der Waals surface area contributed by atoms with Crippen molar-refractivity contribution < 1.29 is 19.1 Å². The Kier molecular flexibility index (Phi) is 5.94. The predicted molar refractivity (Wildman–Crippen MR) is 95.1 cm³/mol. The van der Waals surface area contributed by atoms with Crippen molar-refractivity contribution in [2.24, 2.45) is 0 Å². The Labute approximate surface area is 149 Å². The monoisotopic (exact) mass is 366 g/mol. The van der Waals surface area contributed by atoms with Crippen molar-refractivity contribution in [2.75, 3.05) is 6.61 Å². The standard InChI is InChI=1S/C17H22N2O5S/c1-6-7-23-16(21)11(5)19-8-18-14-12(15(19)20)10(4)13(25-14)17(22)24-9(2)3/h8-9,11H,6-7H2,1-5H3/t11-/m1/s1. The number of esters is 2. The zero-order valence-corrected chi connectivity index (χ0v) is 15.8. The zero-order chi connectivity index (χ0) is 18.7. The van der Waals surface area contributed by atoms with Gasteiger partial charge in [0.15, 0.2) is 0 Å². The van der Waals surface area contributed by atoms with Crippen molar-refractivity contribution in [1.29, 1.82) is 0 Å². The smallest absolute Gasteiger partial charge is 0.348 e. The number of thiophene rings is 1. The van der Waals surface area contributed by atoms with Crippen molar-refractivity contribution >= 4 is 33.5 Å². The molecule has 1 atom stereocenters. The van der Waals surface area contributed by atoms with Crippen LogP contribution in [0.2, 0.25) is 0 Å². The molecule has 2 rings (SSSR count). The van der Waals surface area contributed by atoms with Gasteiger partial charge in [-0.25, -0.2) is 14.6 Å². The summed E-state index contributed by atoms with van der Waals surface area (Å²) in [4.78, 5) is 42.0. The van der Waals surface area contributed by atoms with Crippen LogP contribution in [-0.4, -0.2) is 34.2 Å². The molecule has 0 aromatic carbocycles. The van der Waals surface area contributed by atoms with Gasteiger partial charge < -0.3 is 9.47 Å². The fourth-order valence-corrected chi connectivity index (χ4v) is 3.33. The number of aryl methyl sites for hydroxylation is 1. The molecule has 0 aliphatic carbocycles. The molecule has 25 heavy (non-hydrogen) atoms. The molecule has 0 aliphatic rings. The predicted octanol–water partition coefficient (Wildman–Crippen LogP) is 2.85. The summed E-state index contributed by atoms with van der Waals surface area (Å²) in [5, 5.41) is 0.332. The highest BCUT2D eigenvalue weighted by Gasteiger charge is 2.24. The van der Waals surface area contributed by atoms with Crippen LogP contribution in [0.25, 0.3) is 10.2 Å². The molecule has 0 N–H and O–H groups in total. The minimum atomic E-state index is -0.790. The summed E-state index contributed by atoms with van der Waals surface area (Å²) in [5.41, 5.74) is 0.148. The fraction of sp³-hybridized carbons (Fsp3) is 0.529. The lowest BCUT2D eigenvalue weighted by atomic mass is 10.2. The van der Waals surface area contributed by atoms with Crippen LogP contribution in [0.3, 0.4) is 0 Å². The second-order valence-electron chi connectivity index (χ2n) is 5.99. The summed E-state index contributed by atoms with van der Waals surface area (Å²) in [5.74, 6) is -0.964. The Morgan fingerprint density at radius 2 is 2.00 bits per heavy atom. The third-order valence-corrected chi connectivity index (χ3v) is 4.79. The number of aromatic nitrogens is 2. The minimum absolute atomic E-state index is 0.255. The summed E-state index contributed by atoms with van der Waals surface area (Å²) >= 11 is 1.12. The number of carbonyl (C=O) groups excluding carboxylic acids is 2. The van der Waals surface area contributed by atoms with E-state index in [1.165, 1.54) is 10.9 Å². The Balaban J connectivity index is 2.46. The van der Waals surface area contributed by atoms with E-state index >= 15 is 0 Å². The van der Waals surface area contributed by atoms with Crippen molar-refractivity contribution in [3.8, 4) is 0 Å². The molecule has 0 saturated heterocycles. The summed E-state index contributed by atoms with van der Waals surface area (Å²) < 4.78 is 11.5. The van der Waals surface area contributed by atoms with Crippen LogP contribution in [0.5, 0.6) is 0 Å². The van der Waals surface area contributed by atoms with E-state index in [4.69, 9.17) is 9.47 Å². The Bertz CT molecular complexity index is 853. The molecule has 0 spiro atoms. The first-order chi connectivity index (χ1) is 11.8. The molecule has 2 aromatic heterocycles. The molecule has 0 fully saturated rings. The van der Waals surface area contributed by atoms with E-state index in [9.17, 15) is 14.4 Å². The van der Waals surface area contributed by atoms with Crippen LogP contribution in [0.15, 0.2) is 11.1 Å². The quantitative estimate of drug-likeness (QED) is 0.731. The van der Waals surface area contributed by atoms with Crippen molar-refractivity contribution in [3.05, 3.63) is 27.1 Å². The third kappa shape index (κ3) is 3.89. The maximum atomic E-state index is 12.8. The van der Waals surface area contributed by atoms with Gasteiger partial charge in [0.05, 0.1) is 24.4 Å². The van der Waals surface area contributed by atoms with E-state index in [1.807, 2.05) is 6.92 Å². The van der Waals surface area contributed by atoms with Gasteiger partial charge in [-0.15, -0.1) is 11.3 Å². The largest absolute Gasteiger partial charge is 0.464 e. The number of ether oxygens (including phenoxy) is 2. The first kappa shape index (κ1) is 19.1. The Hall–Kier alpha value is -2.22. The maximum Gasteiger partial charge on any atom is 0.348 e. The minimum Gasteiger partial charge on any atom is -0.464 e. The molecule has 0 amide bonds. The lowest BCUT2D eigenvalue weighted by Gasteiger charge is -2.13. The van der Waals surface area contributed by atoms with Crippen LogP contribution in [0.1, 0.15) is 55.4 Å². The molecule has 0 bridgehead atoms. The summed E-state index contributed by atoms with van der Waals surface area (Å²) in [7, 11) is 0. The van der Waals surface area contributed by atoms with Crippen LogP contribution in [-0.2, 0) is 14.3 Å². The van der Waals surface area contributed by atoms with Crippen LogP contribution in [0.4, 0.5) is 0 Å². The molecular formula is C17H22N2O5S. The van der Waals surface area contributed by atoms with E-state index in [2.05, 4.69) is 4.98 Å². The topological polar surface area (TPSA) is 87.5 Å². The summed E-state index contributed by atoms with van der Waals surface area (Å²) in [6.45, 7) is 8.98. The van der Waals surface area contributed by atoms with Gasteiger partial charge in [0.1, 0.15) is 15.7 Å². The lowest BCUT2D eigenvalue weighted by molar-refractivity contribution is -0.147. The number of carbonyl (C=O) groups is 2. The van der Waals surface area contributed by atoms with Gasteiger partial charge in [0, 0.05) is 0 Å². The van der Waals surface area contributed by atoms with Gasteiger partial charge >= 0.3 is 11.9 Å². The first-order valence-electron chi connectivity index (χ1n) is 8.15. The molecule has 0 aliphatic heterocycles. The van der Waals surface area contributed by atoms with Gasteiger partial charge in [-0.2, -0.15) is 0 Å². The van der Waals surface area contributed by atoms with Gasteiger partial charge in [-0.05, 0) is 39.7 Å². The number of rotatable bonds is 6. The molecule has 7 nitrogen and oxygen atoms in total. The lowest BCUT2D eigenvalue weighted by Crippen LogP contribution is -2.29. The highest BCUT2D eigenvalue weighted by molar-refractivity contribution is 7.20. The van der Waals surface area contributed by atoms with Gasteiger partial charge in [0.2, 0.25) is 0 Å². The molecule has 2 heterocycles. The maximum absolute atomic E-state index is 12.8.